The third kappa shape index (κ3) is 6.81. The molecule has 8 aromatic rings. The Morgan fingerprint density at radius 1 is 0.840 bits per heavy atom. The molecule has 0 aliphatic rings. The Labute approximate surface area is 313 Å². The van der Waals surface area contributed by atoms with E-state index in [1.165, 1.54) is 11.1 Å². The van der Waals surface area contributed by atoms with Gasteiger partial charge in [-0.2, -0.15) is 0 Å². The summed E-state index contributed by atoms with van der Waals surface area (Å²) in [6, 6.07) is 36.7. The van der Waals surface area contributed by atoms with Crippen LogP contribution in [0.1, 0.15) is 63.6 Å². The molecule has 0 aliphatic carbocycles. The zero-order chi connectivity index (χ0) is 35.2. The van der Waals surface area contributed by atoms with Gasteiger partial charge in [-0.15, -0.1) is 65.4 Å². The summed E-state index contributed by atoms with van der Waals surface area (Å²) in [5.74, 6) is -0.818. The van der Waals surface area contributed by atoms with E-state index in [0.29, 0.717) is 0 Å². The maximum atomic E-state index is 8.99. The quantitative estimate of drug-likeness (QED) is 0.166. The van der Waals surface area contributed by atoms with Crippen LogP contribution in [0.25, 0.3) is 65.8 Å². The smallest absolute Gasteiger partial charge is 0.122 e. The van der Waals surface area contributed by atoms with Gasteiger partial charge in [-0.25, -0.2) is 4.98 Å². The summed E-state index contributed by atoms with van der Waals surface area (Å²) in [7, 11) is 0. The van der Waals surface area contributed by atoms with Crippen LogP contribution in [0, 0.1) is 26.0 Å². The Morgan fingerprint density at radius 2 is 1.62 bits per heavy atom. The number of hydrogen-bond acceptors (Lipinski definition) is 5. The first-order valence-corrected chi connectivity index (χ1v) is 17.3. The molecule has 0 atom stereocenters. The Kier molecular flexibility index (Phi) is 9.79. The molecule has 0 saturated carbocycles. The summed E-state index contributed by atoms with van der Waals surface area (Å²) < 4.78 is 16.6. The van der Waals surface area contributed by atoms with Crippen LogP contribution in [-0.4, -0.2) is 15.0 Å². The van der Waals surface area contributed by atoms with Crippen molar-refractivity contribution in [1.29, 1.82) is 0 Å². The molecule has 0 saturated heterocycles. The van der Waals surface area contributed by atoms with Crippen LogP contribution in [0.3, 0.4) is 0 Å². The molecular formula is C44H39IrN3OS-2. The SMILES string of the molecule is [2H]C(C)(C)c1cc(-c2[c-]ccc3c2oc2ccc4nc(C(C)(C)C)sc4c23)ncc1-c1c(C)cccc1C.[Ir].[c-]1ccccc1-c1ccccn1. The molecule has 0 amide bonds. The normalized spacial score (nSPS) is 12.0. The Morgan fingerprint density at radius 3 is 2.30 bits per heavy atom. The number of aryl methyl sites for hydroxylation is 2. The van der Waals surface area contributed by atoms with Gasteiger partial charge in [-0.1, -0.05) is 82.0 Å². The first kappa shape index (κ1) is 34.0. The molecule has 6 heteroatoms. The van der Waals surface area contributed by atoms with E-state index in [2.05, 4.69) is 76.0 Å². The predicted octanol–water partition coefficient (Wildman–Crippen LogP) is 12.3. The topological polar surface area (TPSA) is 51.8 Å². The zero-order valence-corrected chi connectivity index (χ0v) is 32.5. The van der Waals surface area contributed by atoms with Crippen LogP contribution in [0.2, 0.25) is 0 Å². The van der Waals surface area contributed by atoms with E-state index in [-0.39, 0.29) is 25.5 Å². The minimum absolute atomic E-state index is 0. The number of hydrogen-bond donors (Lipinski definition) is 0. The number of furan rings is 1. The van der Waals surface area contributed by atoms with Crippen molar-refractivity contribution in [3.05, 3.63) is 137 Å². The molecule has 4 aromatic carbocycles. The average Bonchev–Trinajstić information content (AvgIpc) is 3.71. The molecule has 4 aromatic heterocycles. The summed E-state index contributed by atoms with van der Waals surface area (Å²) in [5, 5.41) is 3.24. The van der Waals surface area contributed by atoms with Crippen LogP contribution in [-0.2, 0) is 25.5 Å². The second-order valence-corrected chi connectivity index (χ2v) is 14.6. The molecule has 0 bridgehead atoms. The Bertz CT molecular complexity index is 2420. The summed E-state index contributed by atoms with van der Waals surface area (Å²) in [4.78, 5) is 14.1. The van der Waals surface area contributed by atoms with E-state index in [0.717, 1.165) is 76.4 Å². The largest absolute Gasteiger partial charge is 0.501 e. The number of fused-ring (bicyclic) bond motifs is 5. The molecule has 0 unspecified atom stereocenters. The van der Waals surface area contributed by atoms with E-state index < -0.39 is 5.89 Å². The monoisotopic (exact) mass is 851 g/mol. The minimum Gasteiger partial charge on any atom is -0.501 e. The number of nitrogens with zero attached hydrogens (tertiary/aromatic N) is 3. The van der Waals surface area contributed by atoms with Crippen LogP contribution in [0.4, 0.5) is 0 Å². The van der Waals surface area contributed by atoms with Crippen molar-refractivity contribution in [1.82, 2.24) is 15.0 Å². The Balaban J connectivity index is 0.000000291. The van der Waals surface area contributed by atoms with Gasteiger partial charge in [0.2, 0.25) is 0 Å². The van der Waals surface area contributed by atoms with Gasteiger partial charge in [-0.3, -0.25) is 0 Å². The van der Waals surface area contributed by atoms with Crippen LogP contribution in [0.15, 0.2) is 108 Å². The molecule has 0 N–H and O–H groups in total. The molecule has 253 valence electrons. The van der Waals surface area contributed by atoms with E-state index in [9.17, 15) is 0 Å². The fourth-order valence-electron chi connectivity index (χ4n) is 6.24. The standard InChI is InChI=1S/C33H31N2OS.C11H8N.Ir/c1-18(2)23-16-26(34-17-24(23)28-19(3)10-8-11-20(28)4)21-12-9-13-22-29-27(36-30(21)22)15-14-25-31(29)37-32(35-25)33(5,6)7;1-2-6-10(7-3-1)11-8-4-5-9-12-11;/h8-11,13-18H,1-7H3;1-6,8-9H;/q2*-1;/i18D;;. The summed E-state index contributed by atoms with van der Waals surface area (Å²) in [5.41, 5.74) is 11.6. The van der Waals surface area contributed by atoms with Crippen LogP contribution in [0.5, 0.6) is 0 Å². The van der Waals surface area contributed by atoms with Crippen molar-refractivity contribution >= 4 is 43.5 Å². The second-order valence-electron chi connectivity index (χ2n) is 13.6. The van der Waals surface area contributed by atoms with Crippen LogP contribution >= 0.6 is 11.3 Å². The first-order chi connectivity index (χ1) is 23.9. The van der Waals surface area contributed by atoms with Gasteiger partial charge >= 0.3 is 0 Å². The fourth-order valence-corrected chi connectivity index (χ4v) is 7.42. The average molecular weight is 851 g/mol. The molecular weight excluding hydrogens is 811 g/mol. The van der Waals surface area contributed by atoms with E-state index in [1.807, 2.05) is 86.8 Å². The first-order valence-electron chi connectivity index (χ1n) is 17.0. The summed E-state index contributed by atoms with van der Waals surface area (Å²) in [6.45, 7) is 14.7. The fraction of sp³-hybridized carbons (Fsp3) is 0.205. The second kappa shape index (κ2) is 14.4. The molecule has 0 spiro atoms. The zero-order valence-electron chi connectivity index (χ0n) is 30.3. The van der Waals surface area contributed by atoms with Gasteiger partial charge in [0, 0.05) is 50.2 Å². The molecule has 0 fully saturated rings. The van der Waals surface area contributed by atoms with Crippen molar-refractivity contribution in [2.24, 2.45) is 0 Å². The Hall–Kier alpha value is -4.48. The predicted molar refractivity (Wildman–Crippen MR) is 205 cm³/mol. The van der Waals surface area contributed by atoms with Gasteiger partial charge in [0.15, 0.2) is 0 Å². The van der Waals surface area contributed by atoms with E-state index in [4.69, 9.17) is 15.8 Å². The van der Waals surface area contributed by atoms with Crippen molar-refractivity contribution in [2.45, 2.75) is 59.8 Å². The van der Waals surface area contributed by atoms with E-state index >= 15 is 0 Å². The number of benzene rings is 4. The molecule has 1 radical (unpaired) electrons. The summed E-state index contributed by atoms with van der Waals surface area (Å²) in [6.07, 6.45) is 3.71. The van der Waals surface area contributed by atoms with Gasteiger partial charge in [0.25, 0.3) is 0 Å². The van der Waals surface area contributed by atoms with Gasteiger partial charge in [0.05, 0.1) is 20.8 Å². The molecule has 8 rings (SSSR count). The van der Waals surface area contributed by atoms with Gasteiger partial charge in [-0.05, 0) is 71.6 Å². The number of aromatic nitrogens is 3. The maximum absolute atomic E-state index is 8.99. The van der Waals surface area contributed by atoms with Crippen LogP contribution < -0.4 is 0 Å². The van der Waals surface area contributed by atoms with Crippen molar-refractivity contribution in [3.63, 3.8) is 0 Å². The molecule has 0 aliphatic heterocycles. The maximum Gasteiger partial charge on any atom is 0.122 e. The molecule has 4 heterocycles. The van der Waals surface area contributed by atoms with Gasteiger partial charge in [0.1, 0.15) is 5.58 Å². The van der Waals surface area contributed by atoms with Crippen molar-refractivity contribution in [3.8, 4) is 33.6 Å². The third-order valence-corrected chi connectivity index (χ3v) is 10.2. The van der Waals surface area contributed by atoms with Crippen molar-refractivity contribution in [2.75, 3.05) is 0 Å². The molecule has 50 heavy (non-hydrogen) atoms. The summed E-state index contributed by atoms with van der Waals surface area (Å²) >= 11 is 1.74. The van der Waals surface area contributed by atoms with Crippen molar-refractivity contribution < 1.29 is 25.9 Å². The minimum atomic E-state index is -0.818. The molecule has 4 nitrogen and oxygen atoms in total. The number of rotatable bonds is 4. The van der Waals surface area contributed by atoms with E-state index in [1.54, 1.807) is 17.5 Å². The third-order valence-electron chi connectivity index (χ3n) is 8.69. The number of pyridine rings is 2. The number of thiazole rings is 1. The van der Waals surface area contributed by atoms with Gasteiger partial charge < -0.3 is 14.4 Å².